The summed E-state index contributed by atoms with van der Waals surface area (Å²) >= 11 is 0. The van der Waals surface area contributed by atoms with Crippen LogP contribution in [0.2, 0.25) is 0 Å². The van der Waals surface area contributed by atoms with Crippen molar-refractivity contribution in [1.29, 1.82) is 0 Å². The van der Waals surface area contributed by atoms with Gasteiger partial charge >= 0.3 is 0 Å². The zero-order chi connectivity index (χ0) is 11.0. The van der Waals surface area contributed by atoms with Crippen molar-refractivity contribution in [3.63, 3.8) is 0 Å². The Labute approximate surface area is 91.3 Å². The van der Waals surface area contributed by atoms with Crippen LogP contribution in [0.1, 0.15) is 0 Å². The van der Waals surface area contributed by atoms with Crippen LogP contribution in [0, 0.1) is 0 Å². The van der Waals surface area contributed by atoms with E-state index in [2.05, 4.69) is 20.2 Å². The van der Waals surface area contributed by atoms with Gasteiger partial charge in [-0.25, -0.2) is 9.97 Å². The molecule has 0 aromatic carbocycles. The zero-order valence-corrected chi connectivity index (χ0v) is 8.38. The van der Waals surface area contributed by atoms with Gasteiger partial charge < -0.3 is 5.73 Å². The van der Waals surface area contributed by atoms with Gasteiger partial charge in [0.25, 0.3) is 0 Å². The minimum atomic E-state index is 0.476. The van der Waals surface area contributed by atoms with E-state index < -0.39 is 0 Å². The molecule has 0 amide bonds. The molecule has 0 bridgehead atoms. The Morgan fingerprint density at radius 2 is 2.12 bits per heavy atom. The maximum absolute atomic E-state index is 5.62. The molecule has 0 radical (unpaired) electrons. The first kappa shape index (κ1) is 8.84. The van der Waals surface area contributed by atoms with Gasteiger partial charge in [0.2, 0.25) is 0 Å². The van der Waals surface area contributed by atoms with E-state index in [9.17, 15) is 0 Å². The molecule has 0 spiro atoms. The fourth-order valence-electron chi connectivity index (χ4n) is 1.58. The van der Waals surface area contributed by atoms with E-state index in [-0.39, 0.29) is 0 Å². The lowest BCUT2D eigenvalue weighted by Crippen LogP contribution is -1.91. The van der Waals surface area contributed by atoms with E-state index in [4.69, 9.17) is 5.73 Å². The number of hydrogen-bond donors (Lipinski definition) is 2. The largest absolute Gasteiger partial charge is 0.384 e. The van der Waals surface area contributed by atoms with Crippen LogP contribution in [0.5, 0.6) is 0 Å². The third-order valence-electron chi connectivity index (χ3n) is 2.39. The van der Waals surface area contributed by atoms with Crippen LogP contribution >= 0.6 is 0 Å². The van der Waals surface area contributed by atoms with E-state index >= 15 is 0 Å². The molecule has 5 nitrogen and oxygen atoms in total. The predicted molar refractivity (Wildman–Crippen MR) is 61.5 cm³/mol. The number of H-pyrrole nitrogens is 1. The molecule has 3 N–H and O–H groups in total. The summed E-state index contributed by atoms with van der Waals surface area (Å²) in [7, 11) is 0. The fraction of sp³-hybridized carbons (Fsp3) is 0. The molecule has 3 aromatic rings. The molecule has 16 heavy (non-hydrogen) atoms. The van der Waals surface area contributed by atoms with Gasteiger partial charge in [-0.05, 0) is 12.1 Å². The third-order valence-corrected chi connectivity index (χ3v) is 2.39. The molecular weight excluding hydrogens is 202 g/mol. The van der Waals surface area contributed by atoms with Crippen LogP contribution in [-0.2, 0) is 0 Å². The minimum absolute atomic E-state index is 0.476. The maximum Gasteiger partial charge on any atom is 0.125 e. The number of aromatic amines is 1. The summed E-state index contributed by atoms with van der Waals surface area (Å²) in [6.45, 7) is 0. The third kappa shape index (κ3) is 1.38. The van der Waals surface area contributed by atoms with Crippen molar-refractivity contribution in [3.8, 4) is 11.3 Å². The van der Waals surface area contributed by atoms with Gasteiger partial charge in [-0.15, -0.1) is 0 Å². The van der Waals surface area contributed by atoms with E-state index in [1.54, 1.807) is 24.7 Å². The van der Waals surface area contributed by atoms with Crippen LogP contribution in [0.4, 0.5) is 5.82 Å². The highest BCUT2D eigenvalue weighted by molar-refractivity contribution is 5.82. The molecule has 0 saturated heterocycles. The van der Waals surface area contributed by atoms with Gasteiger partial charge in [-0.2, -0.15) is 5.10 Å². The second-order valence-corrected chi connectivity index (χ2v) is 3.49. The van der Waals surface area contributed by atoms with Crippen molar-refractivity contribution in [2.24, 2.45) is 0 Å². The summed E-state index contributed by atoms with van der Waals surface area (Å²) in [5.41, 5.74) is 8.29. The lowest BCUT2D eigenvalue weighted by Gasteiger charge is -2.00. The summed E-state index contributed by atoms with van der Waals surface area (Å²) < 4.78 is 0. The molecule has 3 aromatic heterocycles. The van der Waals surface area contributed by atoms with Crippen molar-refractivity contribution in [2.45, 2.75) is 0 Å². The Balaban J connectivity index is 2.22. The first-order chi connectivity index (χ1) is 7.83. The number of nitrogens with one attached hydrogen (secondary N) is 1. The highest BCUT2D eigenvalue weighted by Crippen LogP contribution is 2.20. The van der Waals surface area contributed by atoms with E-state index in [1.807, 2.05) is 12.1 Å². The summed E-state index contributed by atoms with van der Waals surface area (Å²) in [6, 6.07) is 5.67. The number of hydrogen-bond acceptors (Lipinski definition) is 4. The van der Waals surface area contributed by atoms with Crippen LogP contribution in [0.25, 0.3) is 22.2 Å². The van der Waals surface area contributed by atoms with Gasteiger partial charge in [-0.3, -0.25) is 5.10 Å². The summed E-state index contributed by atoms with van der Waals surface area (Å²) in [4.78, 5) is 8.52. The van der Waals surface area contributed by atoms with Crippen molar-refractivity contribution >= 4 is 16.7 Å². The molecule has 0 atom stereocenters. The fourth-order valence-corrected chi connectivity index (χ4v) is 1.58. The number of aromatic nitrogens is 4. The SMILES string of the molecule is Nc1cc2nc(-c3cn[nH]c3)ccc2cn1. The van der Waals surface area contributed by atoms with Gasteiger partial charge in [0.1, 0.15) is 5.82 Å². The van der Waals surface area contributed by atoms with Crippen molar-refractivity contribution in [1.82, 2.24) is 20.2 Å². The Morgan fingerprint density at radius 1 is 1.19 bits per heavy atom. The number of pyridine rings is 2. The average molecular weight is 211 g/mol. The molecule has 3 heterocycles. The quantitative estimate of drug-likeness (QED) is 0.640. The van der Waals surface area contributed by atoms with Crippen molar-refractivity contribution < 1.29 is 0 Å². The highest BCUT2D eigenvalue weighted by Gasteiger charge is 2.02. The number of fused-ring (bicyclic) bond motifs is 1. The van der Waals surface area contributed by atoms with E-state index in [0.29, 0.717) is 5.82 Å². The van der Waals surface area contributed by atoms with Crippen molar-refractivity contribution in [3.05, 3.63) is 36.8 Å². The summed E-state index contributed by atoms with van der Waals surface area (Å²) in [6.07, 6.45) is 5.26. The van der Waals surface area contributed by atoms with Gasteiger partial charge in [0, 0.05) is 29.4 Å². The molecule has 0 aliphatic rings. The first-order valence-corrected chi connectivity index (χ1v) is 4.84. The monoisotopic (exact) mass is 211 g/mol. The van der Waals surface area contributed by atoms with E-state index in [1.165, 1.54) is 0 Å². The number of anilines is 1. The smallest absolute Gasteiger partial charge is 0.125 e. The predicted octanol–water partition coefficient (Wildman–Crippen LogP) is 1.60. The normalized spacial score (nSPS) is 10.8. The highest BCUT2D eigenvalue weighted by atomic mass is 15.1. The number of rotatable bonds is 1. The molecule has 5 heteroatoms. The molecule has 0 fully saturated rings. The Bertz CT molecular complexity index is 630. The van der Waals surface area contributed by atoms with Gasteiger partial charge in [0.05, 0.1) is 17.4 Å². The van der Waals surface area contributed by atoms with Crippen LogP contribution in [0.15, 0.2) is 36.8 Å². The van der Waals surface area contributed by atoms with E-state index in [0.717, 1.165) is 22.2 Å². The first-order valence-electron chi connectivity index (χ1n) is 4.84. The lowest BCUT2D eigenvalue weighted by molar-refractivity contribution is 1.09. The summed E-state index contributed by atoms with van der Waals surface area (Å²) in [5, 5.41) is 7.63. The second kappa shape index (κ2) is 3.30. The topological polar surface area (TPSA) is 80.5 Å². The molecule has 3 rings (SSSR count). The molecule has 0 aliphatic heterocycles. The number of nitrogens with two attached hydrogens (primary N) is 1. The molecule has 0 saturated carbocycles. The zero-order valence-electron chi connectivity index (χ0n) is 8.38. The van der Waals surface area contributed by atoms with Crippen LogP contribution in [0.3, 0.4) is 0 Å². The van der Waals surface area contributed by atoms with Crippen molar-refractivity contribution in [2.75, 3.05) is 5.73 Å². The molecule has 78 valence electrons. The Hall–Kier alpha value is -2.43. The standard InChI is InChI=1S/C11H9N5/c12-11-3-10-7(4-13-11)1-2-9(16-10)8-5-14-15-6-8/h1-6H,(H2,12,13)(H,14,15). The maximum atomic E-state index is 5.62. The molecule has 0 unspecified atom stereocenters. The summed E-state index contributed by atoms with van der Waals surface area (Å²) in [5.74, 6) is 0.476. The van der Waals surface area contributed by atoms with Crippen LogP contribution < -0.4 is 5.73 Å². The lowest BCUT2D eigenvalue weighted by atomic mass is 10.2. The van der Waals surface area contributed by atoms with Gasteiger partial charge in [0.15, 0.2) is 0 Å². The van der Waals surface area contributed by atoms with Crippen LogP contribution in [-0.4, -0.2) is 20.2 Å². The number of nitrogen functional groups attached to an aromatic ring is 1. The number of nitrogens with zero attached hydrogens (tertiary/aromatic N) is 3. The molecule has 0 aliphatic carbocycles. The average Bonchev–Trinajstić information content (AvgIpc) is 2.81. The Kier molecular flexibility index (Phi) is 1.83. The van der Waals surface area contributed by atoms with Gasteiger partial charge in [-0.1, -0.05) is 0 Å². The second-order valence-electron chi connectivity index (χ2n) is 3.49. The Morgan fingerprint density at radius 3 is 2.94 bits per heavy atom. The molecular formula is C11H9N5. The minimum Gasteiger partial charge on any atom is -0.384 e.